The number of H-pyrrole nitrogens is 1. The van der Waals surface area contributed by atoms with Crippen LogP contribution in [-0.2, 0) is 0 Å². The Morgan fingerprint density at radius 2 is 1.91 bits per heavy atom. The molecule has 4 nitrogen and oxygen atoms in total. The number of nitrogens with one attached hydrogen (secondary N) is 1. The molecule has 1 aromatic carbocycles. The van der Waals surface area contributed by atoms with E-state index in [1.165, 1.54) is 16.5 Å². The van der Waals surface area contributed by atoms with Gasteiger partial charge in [0.25, 0.3) is 5.91 Å². The fourth-order valence-electron chi connectivity index (χ4n) is 3.52. The summed E-state index contributed by atoms with van der Waals surface area (Å²) in [5.41, 5.74) is 5.35. The number of hydrogen-bond donors (Lipinski definition) is 1. The van der Waals surface area contributed by atoms with E-state index in [9.17, 15) is 4.79 Å². The SMILES string of the molecule is Cc1ccc(C)c2c(C)c(C(=O)N3CCC(N(C)C)C3)[nH]c12. The van der Waals surface area contributed by atoms with Gasteiger partial charge in [0, 0.05) is 30.0 Å². The highest BCUT2D eigenvalue weighted by molar-refractivity contribution is 6.02. The molecule has 1 fully saturated rings. The van der Waals surface area contributed by atoms with Crippen LogP contribution in [0.5, 0.6) is 0 Å². The van der Waals surface area contributed by atoms with Crippen molar-refractivity contribution in [2.24, 2.45) is 0 Å². The second-order valence-corrected chi connectivity index (χ2v) is 6.73. The normalized spacial score (nSPS) is 18.6. The topological polar surface area (TPSA) is 39.3 Å². The summed E-state index contributed by atoms with van der Waals surface area (Å²) in [4.78, 5) is 20.5. The van der Waals surface area contributed by atoms with Crippen LogP contribution >= 0.6 is 0 Å². The van der Waals surface area contributed by atoms with Crippen LogP contribution in [0, 0.1) is 20.8 Å². The molecule has 3 rings (SSSR count). The average molecular weight is 299 g/mol. The first kappa shape index (κ1) is 15.1. The molecule has 4 heteroatoms. The van der Waals surface area contributed by atoms with Gasteiger partial charge in [-0.15, -0.1) is 0 Å². The summed E-state index contributed by atoms with van der Waals surface area (Å²) >= 11 is 0. The molecule has 1 aromatic heterocycles. The van der Waals surface area contributed by atoms with Gasteiger partial charge in [-0.25, -0.2) is 0 Å². The van der Waals surface area contributed by atoms with Gasteiger partial charge in [-0.1, -0.05) is 12.1 Å². The van der Waals surface area contributed by atoms with E-state index in [4.69, 9.17) is 0 Å². The number of aryl methyl sites for hydroxylation is 3. The summed E-state index contributed by atoms with van der Waals surface area (Å²) in [5.74, 6) is 0.136. The minimum absolute atomic E-state index is 0.136. The number of likely N-dealkylation sites (N-methyl/N-ethyl adjacent to an activating group) is 1. The number of aromatic amines is 1. The van der Waals surface area contributed by atoms with Crippen molar-refractivity contribution in [3.8, 4) is 0 Å². The fourth-order valence-corrected chi connectivity index (χ4v) is 3.52. The smallest absolute Gasteiger partial charge is 0.270 e. The molecule has 0 bridgehead atoms. The quantitative estimate of drug-likeness (QED) is 0.926. The van der Waals surface area contributed by atoms with Gasteiger partial charge < -0.3 is 14.8 Å². The average Bonchev–Trinajstić information content (AvgIpc) is 3.08. The van der Waals surface area contributed by atoms with Crippen LogP contribution in [-0.4, -0.2) is 53.9 Å². The molecular weight excluding hydrogens is 274 g/mol. The van der Waals surface area contributed by atoms with Crippen molar-refractivity contribution in [2.75, 3.05) is 27.2 Å². The summed E-state index contributed by atoms with van der Waals surface area (Å²) in [6.45, 7) is 7.91. The van der Waals surface area contributed by atoms with Crippen molar-refractivity contribution in [2.45, 2.75) is 33.2 Å². The highest BCUT2D eigenvalue weighted by Gasteiger charge is 2.30. The van der Waals surface area contributed by atoms with Gasteiger partial charge in [0.1, 0.15) is 5.69 Å². The first-order valence-electron chi connectivity index (χ1n) is 7.94. The van der Waals surface area contributed by atoms with Crippen molar-refractivity contribution in [3.05, 3.63) is 34.5 Å². The zero-order valence-corrected chi connectivity index (χ0v) is 14.2. The number of amides is 1. The lowest BCUT2D eigenvalue weighted by atomic mass is 10.0. The van der Waals surface area contributed by atoms with Gasteiger partial charge in [-0.3, -0.25) is 4.79 Å². The first-order chi connectivity index (χ1) is 10.4. The minimum atomic E-state index is 0.136. The first-order valence-corrected chi connectivity index (χ1v) is 7.94. The lowest BCUT2D eigenvalue weighted by Crippen LogP contribution is -2.34. The molecule has 0 aliphatic carbocycles. The molecule has 1 amide bonds. The highest BCUT2D eigenvalue weighted by Crippen LogP contribution is 2.29. The molecule has 0 radical (unpaired) electrons. The monoisotopic (exact) mass is 299 g/mol. The number of benzene rings is 1. The Hall–Kier alpha value is -1.81. The Morgan fingerprint density at radius 1 is 1.23 bits per heavy atom. The second kappa shape index (κ2) is 5.43. The predicted octanol–water partition coefficient (Wildman–Crippen LogP) is 2.87. The molecule has 1 aliphatic heterocycles. The predicted molar refractivity (Wildman–Crippen MR) is 90.5 cm³/mol. The van der Waals surface area contributed by atoms with Crippen LogP contribution in [0.15, 0.2) is 12.1 Å². The zero-order valence-electron chi connectivity index (χ0n) is 14.2. The lowest BCUT2D eigenvalue weighted by Gasteiger charge is -2.20. The number of hydrogen-bond acceptors (Lipinski definition) is 2. The van der Waals surface area contributed by atoms with Crippen molar-refractivity contribution in [3.63, 3.8) is 0 Å². The fraction of sp³-hybridized carbons (Fsp3) is 0.500. The van der Waals surface area contributed by atoms with E-state index in [1.54, 1.807) is 0 Å². The molecule has 1 saturated heterocycles. The van der Waals surface area contributed by atoms with Gasteiger partial charge in [-0.05, 0) is 58.0 Å². The van der Waals surface area contributed by atoms with E-state index in [1.807, 2.05) is 4.90 Å². The molecule has 22 heavy (non-hydrogen) atoms. The van der Waals surface area contributed by atoms with Crippen LogP contribution < -0.4 is 0 Å². The summed E-state index contributed by atoms with van der Waals surface area (Å²) in [7, 11) is 4.17. The standard InChI is InChI=1S/C18H25N3O/c1-11-6-7-12(2)16-15(11)13(3)17(19-16)18(22)21-9-8-14(10-21)20(4)5/h6-7,14,19H,8-10H2,1-5H3. The highest BCUT2D eigenvalue weighted by atomic mass is 16.2. The Balaban J connectivity index is 1.97. The molecule has 2 aromatic rings. The molecule has 0 saturated carbocycles. The van der Waals surface area contributed by atoms with Crippen molar-refractivity contribution < 1.29 is 4.79 Å². The third-order valence-corrected chi connectivity index (χ3v) is 5.02. The van der Waals surface area contributed by atoms with E-state index in [-0.39, 0.29) is 5.91 Å². The van der Waals surface area contributed by atoms with E-state index < -0.39 is 0 Å². The van der Waals surface area contributed by atoms with Gasteiger partial charge >= 0.3 is 0 Å². The molecule has 1 N–H and O–H groups in total. The van der Waals surface area contributed by atoms with Crippen molar-refractivity contribution in [1.29, 1.82) is 0 Å². The van der Waals surface area contributed by atoms with Crippen LogP contribution in [0.2, 0.25) is 0 Å². The Bertz CT molecular complexity index is 729. The van der Waals surface area contributed by atoms with Gasteiger partial charge in [0.15, 0.2) is 0 Å². The molecule has 1 unspecified atom stereocenters. The Kier molecular flexibility index (Phi) is 3.73. The van der Waals surface area contributed by atoms with E-state index in [0.717, 1.165) is 36.3 Å². The third kappa shape index (κ3) is 2.31. The summed E-state index contributed by atoms with van der Waals surface area (Å²) in [6.07, 6.45) is 1.05. The summed E-state index contributed by atoms with van der Waals surface area (Å²) < 4.78 is 0. The molecule has 0 spiro atoms. The molecule has 2 heterocycles. The number of nitrogens with zero attached hydrogens (tertiary/aromatic N) is 2. The Labute approximate surface area is 132 Å². The number of carbonyl (C=O) groups is 1. The maximum atomic E-state index is 12.9. The van der Waals surface area contributed by atoms with Gasteiger partial charge in [-0.2, -0.15) is 0 Å². The number of rotatable bonds is 2. The van der Waals surface area contributed by atoms with E-state index in [0.29, 0.717) is 6.04 Å². The zero-order chi connectivity index (χ0) is 16.0. The maximum Gasteiger partial charge on any atom is 0.270 e. The number of aromatic nitrogens is 1. The molecular formula is C18H25N3O. The largest absolute Gasteiger partial charge is 0.350 e. The van der Waals surface area contributed by atoms with Crippen LogP contribution in [0.1, 0.15) is 33.6 Å². The number of carbonyl (C=O) groups excluding carboxylic acids is 1. The molecule has 1 atom stereocenters. The van der Waals surface area contributed by atoms with Gasteiger partial charge in [0.05, 0.1) is 0 Å². The lowest BCUT2D eigenvalue weighted by molar-refractivity contribution is 0.0777. The van der Waals surface area contributed by atoms with Crippen LogP contribution in [0.25, 0.3) is 10.9 Å². The van der Waals surface area contributed by atoms with Crippen molar-refractivity contribution in [1.82, 2.24) is 14.8 Å². The molecule has 1 aliphatic rings. The summed E-state index contributed by atoms with van der Waals surface area (Å²) in [6, 6.07) is 4.71. The van der Waals surface area contributed by atoms with E-state index in [2.05, 4.69) is 56.9 Å². The summed E-state index contributed by atoms with van der Waals surface area (Å²) in [5, 5.41) is 1.20. The second-order valence-electron chi connectivity index (χ2n) is 6.73. The van der Waals surface area contributed by atoms with Gasteiger partial charge in [0.2, 0.25) is 0 Å². The van der Waals surface area contributed by atoms with Crippen molar-refractivity contribution >= 4 is 16.8 Å². The maximum absolute atomic E-state index is 12.9. The Morgan fingerprint density at radius 3 is 2.50 bits per heavy atom. The molecule has 118 valence electrons. The van der Waals surface area contributed by atoms with E-state index >= 15 is 0 Å². The number of likely N-dealkylation sites (tertiary alicyclic amines) is 1. The number of fused-ring (bicyclic) bond motifs is 1. The third-order valence-electron chi connectivity index (χ3n) is 5.02. The van der Waals surface area contributed by atoms with Crippen LogP contribution in [0.3, 0.4) is 0 Å². The minimum Gasteiger partial charge on any atom is -0.350 e. The van der Waals surface area contributed by atoms with Crippen LogP contribution in [0.4, 0.5) is 0 Å².